The highest BCUT2D eigenvalue weighted by molar-refractivity contribution is 7.93. The van der Waals surface area contributed by atoms with Crippen LogP contribution in [0.5, 0.6) is 0 Å². The summed E-state index contributed by atoms with van der Waals surface area (Å²) in [5.41, 5.74) is 2.09. The third kappa shape index (κ3) is 2.89. The van der Waals surface area contributed by atoms with E-state index in [1.807, 2.05) is 12.1 Å². The summed E-state index contributed by atoms with van der Waals surface area (Å²) in [7, 11) is -3.80. The topological polar surface area (TPSA) is 90.3 Å². The average Bonchev–Trinajstić information content (AvgIpc) is 3.03. The Morgan fingerprint density at radius 1 is 1.13 bits per heavy atom. The lowest BCUT2D eigenvalue weighted by atomic mass is 10.1. The molecule has 5 rings (SSSR count). The van der Waals surface area contributed by atoms with Crippen molar-refractivity contribution in [3.05, 3.63) is 52.4 Å². The van der Waals surface area contributed by atoms with Gasteiger partial charge in [0.05, 0.1) is 16.1 Å². The highest BCUT2D eigenvalue weighted by Gasteiger charge is 2.36. The average molecular weight is 438 g/mol. The van der Waals surface area contributed by atoms with Crippen molar-refractivity contribution in [2.24, 2.45) is 0 Å². The number of nitriles is 1. The smallest absolute Gasteiger partial charge is 0.265 e. The molecule has 30 heavy (non-hydrogen) atoms. The molecule has 2 heterocycles. The number of hydrogen-bond donors (Lipinski definition) is 1. The van der Waals surface area contributed by atoms with Crippen LogP contribution in [0.15, 0.2) is 41.3 Å². The number of aryl methyl sites for hydroxylation is 1. The normalized spacial score (nSPS) is 16.7. The van der Waals surface area contributed by atoms with Gasteiger partial charge in [-0.1, -0.05) is 30.7 Å². The van der Waals surface area contributed by atoms with E-state index in [9.17, 15) is 18.5 Å². The van der Waals surface area contributed by atoms with Gasteiger partial charge in [0, 0.05) is 10.3 Å². The molecule has 0 unspecified atom stereocenters. The van der Waals surface area contributed by atoms with Crippen LogP contribution in [-0.4, -0.2) is 20.9 Å². The van der Waals surface area contributed by atoms with Crippen LogP contribution in [0.2, 0.25) is 0 Å². The summed E-state index contributed by atoms with van der Waals surface area (Å²) in [6, 6.07) is 12.8. The van der Waals surface area contributed by atoms with Crippen LogP contribution in [0.4, 0.5) is 10.7 Å². The van der Waals surface area contributed by atoms with Gasteiger partial charge < -0.3 is 5.32 Å². The predicted octanol–water partition coefficient (Wildman–Crippen LogP) is 4.19. The van der Waals surface area contributed by atoms with Gasteiger partial charge in [-0.2, -0.15) is 5.26 Å². The molecule has 8 heteroatoms. The molecule has 1 aliphatic carbocycles. The van der Waals surface area contributed by atoms with Gasteiger partial charge in [0.15, 0.2) is 0 Å². The zero-order valence-corrected chi connectivity index (χ0v) is 17.8. The molecule has 3 aromatic rings. The summed E-state index contributed by atoms with van der Waals surface area (Å²) < 4.78 is 27.3. The van der Waals surface area contributed by atoms with Crippen molar-refractivity contribution in [1.29, 1.82) is 5.26 Å². The number of rotatable bonds is 3. The Bertz CT molecular complexity index is 1330. The first-order valence-electron chi connectivity index (χ1n) is 9.89. The fourth-order valence-corrected chi connectivity index (χ4v) is 7.30. The summed E-state index contributed by atoms with van der Waals surface area (Å²) in [4.78, 5) is 14.2. The maximum absolute atomic E-state index is 13.1. The van der Waals surface area contributed by atoms with Crippen molar-refractivity contribution in [3.8, 4) is 6.07 Å². The van der Waals surface area contributed by atoms with Crippen molar-refractivity contribution in [2.45, 2.75) is 37.0 Å². The molecule has 0 spiro atoms. The fraction of sp³-hybridized carbons (Fsp3) is 0.273. The fourth-order valence-electron chi connectivity index (χ4n) is 4.37. The van der Waals surface area contributed by atoms with E-state index in [1.165, 1.54) is 11.3 Å². The molecule has 1 aromatic heterocycles. The number of thiophene rings is 1. The molecule has 1 N–H and O–H groups in total. The number of hydrogen-bond acceptors (Lipinski definition) is 5. The Morgan fingerprint density at radius 3 is 2.70 bits per heavy atom. The first kappa shape index (κ1) is 19.1. The SMILES string of the molecule is N#Cc1c(NC(=O)CN2c3cccc4cccc(c34)S2(=O)=O)sc2c1CCCCC2. The van der Waals surface area contributed by atoms with Crippen molar-refractivity contribution in [2.75, 3.05) is 16.2 Å². The number of carbonyl (C=O) groups excluding carboxylic acids is 1. The van der Waals surface area contributed by atoms with E-state index in [-0.39, 0.29) is 11.4 Å². The van der Waals surface area contributed by atoms with Gasteiger partial charge in [0.25, 0.3) is 10.0 Å². The van der Waals surface area contributed by atoms with Gasteiger partial charge in [-0.3, -0.25) is 9.10 Å². The Kier molecular flexibility index (Phi) is 4.53. The van der Waals surface area contributed by atoms with E-state index in [0.717, 1.165) is 52.2 Å². The van der Waals surface area contributed by atoms with Crippen LogP contribution >= 0.6 is 11.3 Å². The molecule has 0 radical (unpaired) electrons. The maximum Gasteiger partial charge on any atom is 0.265 e. The number of benzene rings is 2. The standard InChI is InChI=1S/C22H19N3O3S2/c23-12-16-15-8-2-1-3-10-18(15)29-22(16)24-20(26)13-25-17-9-4-6-14-7-5-11-19(21(14)17)30(25,27)28/h4-7,9,11H,1-3,8,10,13H2,(H,24,26). The number of carbonyl (C=O) groups is 1. The van der Waals surface area contributed by atoms with Crippen molar-refractivity contribution >= 4 is 48.7 Å². The van der Waals surface area contributed by atoms with Crippen LogP contribution in [0.3, 0.4) is 0 Å². The summed E-state index contributed by atoms with van der Waals surface area (Å²) in [6.45, 7) is -0.330. The number of anilines is 2. The number of amides is 1. The van der Waals surface area contributed by atoms with Crippen LogP contribution < -0.4 is 9.62 Å². The number of nitrogens with zero attached hydrogens (tertiary/aromatic N) is 2. The third-order valence-corrected chi connectivity index (χ3v) is 8.76. The molecule has 2 aromatic carbocycles. The van der Waals surface area contributed by atoms with E-state index in [4.69, 9.17) is 0 Å². The lowest BCUT2D eigenvalue weighted by Gasteiger charge is -2.18. The molecule has 152 valence electrons. The first-order valence-corrected chi connectivity index (χ1v) is 12.2. The lowest BCUT2D eigenvalue weighted by Crippen LogP contribution is -2.35. The van der Waals surface area contributed by atoms with E-state index in [1.54, 1.807) is 24.3 Å². The van der Waals surface area contributed by atoms with Crippen LogP contribution in [0, 0.1) is 11.3 Å². The van der Waals surface area contributed by atoms with E-state index >= 15 is 0 Å². The second-order valence-electron chi connectivity index (χ2n) is 7.57. The van der Waals surface area contributed by atoms with Crippen LogP contribution in [0.1, 0.15) is 35.3 Å². The minimum absolute atomic E-state index is 0.226. The highest BCUT2D eigenvalue weighted by atomic mass is 32.2. The minimum atomic E-state index is -3.80. The number of nitrogens with one attached hydrogen (secondary N) is 1. The number of fused-ring (bicyclic) bond motifs is 1. The molecule has 0 bridgehead atoms. The van der Waals surface area contributed by atoms with Gasteiger partial charge >= 0.3 is 0 Å². The van der Waals surface area contributed by atoms with E-state index in [0.29, 0.717) is 21.6 Å². The second kappa shape index (κ2) is 7.11. The summed E-state index contributed by atoms with van der Waals surface area (Å²) in [5.74, 6) is -0.448. The molecule has 0 atom stereocenters. The third-order valence-electron chi connectivity index (χ3n) is 5.75. The van der Waals surface area contributed by atoms with Crippen LogP contribution in [0.25, 0.3) is 10.8 Å². The predicted molar refractivity (Wildman–Crippen MR) is 117 cm³/mol. The van der Waals surface area contributed by atoms with Crippen molar-refractivity contribution in [3.63, 3.8) is 0 Å². The first-order chi connectivity index (χ1) is 14.5. The molecular formula is C22H19N3O3S2. The van der Waals surface area contributed by atoms with Gasteiger partial charge in [0.1, 0.15) is 17.6 Å². The molecule has 1 amide bonds. The van der Waals surface area contributed by atoms with Crippen molar-refractivity contribution in [1.82, 2.24) is 0 Å². The van der Waals surface area contributed by atoms with Crippen molar-refractivity contribution < 1.29 is 13.2 Å². The molecule has 0 saturated carbocycles. The summed E-state index contributed by atoms with van der Waals surface area (Å²) >= 11 is 1.45. The Balaban J connectivity index is 1.45. The Hall–Kier alpha value is -2.89. The molecular weight excluding hydrogens is 418 g/mol. The molecule has 2 aliphatic rings. The second-order valence-corrected chi connectivity index (χ2v) is 10.5. The molecule has 1 aliphatic heterocycles. The van der Waals surface area contributed by atoms with Gasteiger partial charge in [-0.15, -0.1) is 11.3 Å². The molecule has 6 nitrogen and oxygen atoms in total. The largest absolute Gasteiger partial charge is 0.315 e. The van der Waals surface area contributed by atoms with Gasteiger partial charge in [-0.05, 0) is 48.8 Å². The van der Waals surface area contributed by atoms with Crippen LogP contribution in [-0.2, 0) is 27.7 Å². The zero-order valence-electron chi connectivity index (χ0n) is 16.1. The Morgan fingerprint density at radius 2 is 1.90 bits per heavy atom. The van der Waals surface area contributed by atoms with E-state index in [2.05, 4.69) is 11.4 Å². The Labute approximate surface area is 178 Å². The number of sulfonamides is 1. The zero-order chi connectivity index (χ0) is 20.9. The highest BCUT2D eigenvalue weighted by Crippen LogP contribution is 2.42. The van der Waals surface area contributed by atoms with E-state index < -0.39 is 15.9 Å². The molecule has 0 saturated heterocycles. The molecule has 0 fully saturated rings. The maximum atomic E-state index is 13.1. The summed E-state index contributed by atoms with van der Waals surface area (Å²) in [5, 5.41) is 14.5. The van der Waals surface area contributed by atoms with Gasteiger partial charge in [-0.25, -0.2) is 8.42 Å². The summed E-state index contributed by atoms with van der Waals surface area (Å²) in [6.07, 6.45) is 5.04. The monoisotopic (exact) mass is 437 g/mol. The lowest BCUT2D eigenvalue weighted by molar-refractivity contribution is -0.114. The van der Waals surface area contributed by atoms with Gasteiger partial charge in [0.2, 0.25) is 5.91 Å². The minimum Gasteiger partial charge on any atom is -0.315 e. The quantitative estimate of drug-likeness (QED) is 0.622.